The average Bonchev–Trinajstić information content (AvgIpc) is 2.88. The number of carboxylic acid groups (broad SMARTS) is 1. The lowest BCUT2D eigenvalue weighted by atomic mass is 10.2. The van der Waals surface area contributed by atoms with Gasteiger partial charge in [0.05, 0.1) is 6.04 Å². The van der Waals surface area contributed by atoms with Crippen LogP contribution in [-0.2, 0) is 0 Å². The van der Waals surface area contributed by atoms with Gasteiger partial charge in [-0.25, -0.2) is 14.6 Å². The van der Waals surface area contributed by atoms with Crippen molar-refractivity contribution in [3.63, 3.8) is 0 Å². The summed E-state index contributed by atoms with van der Waals surface area (Å²) in [7, 11) is 0. The maximum atomic E-state index is 11.6. The zero-order valence-electron chi connectivity index (χ0n) is 11.8. The molecule has 20 heavy (non-hydrogen) atoms. The lowest BCUT2D eigenvalue weighted by molar-refractivity contribution is 0.0691. The molecule has 0 aromatic carbocycles. The van der Waals surface area contributed by atoms with E-state index in [-0.39, 0.29) is 17.8 Å². The van der Waals surface area contributed by atoms with Crippen LogP contribution in [0.15, 0.2) is 5.38 Å². The normalized spacial score (nSPS) is 11.9. The minimum atomic E-state index is -1.06. The van der Waals surface area contributed by atoms with E-state index in [4.69, 9.17) is 5.11 Å². The van der Waals surface area contributed by atoms with Gasteiger partial charge in [0.2, 0.25) is 0 Å². The zero-order chi connectivity index (χ0) is 15.0. The lowest BCUT2D eigenvalue weighted by Crippen LogP contribution is -2.37. The van der Waals surface area contributed by atoms with Crippen LogP contribution in [0, 0.1) is 0 Å². The summed E-state index contributed by atoms with van der Waals surface area (Å²) in [6, 6.07) is -0.551. The van der Waals surface area contributed by atoms with Gasteiger partial charge in [0.15, 0.2) is 5.69 Å². The van der Waals surface area contributed by atoms with Crippen LogP contribution in [-0.4, -0.2) is 28.6 Å². The number of hydrogen-bond acceptors (Lipinski definition) is 4. The van der Waals surface area contributed by atoms with Gasteiger partial charge in [-0.15, -0.1) is 11.3 Å². The fourth-order valence-electron chi connectivity index (χ4n) is 1.65. The van der Waals surface area contributed by atoms with Crippen LogP contribution in [0.25, 0.3) is 0 Å². The van der Waals surface area contributed by atoms with E-state index in [2.05, 4.69) is 22.5 Å². The van der Waals surface area contributed by atoms with E-state index in [0.717, 1.165) is 12.8 Å². The summed E-state index contributed by atoms with van der Waals surface area (Å²) < 4.78 is 0. The van der Waals surface area contributed by atoms with Crippen molar-refractivity contribution < 1.29 is 14.7 Å². The number of carboxylic acids is 1. The van der Waals surface area contributed by atoms with Crippen LogP contribution < -0.4 is 10.6 Å². The molecular formula is C13H21N3O3S. The Morgan fingerprint density at radius 1 is 1.40 bits per heavy atom. The van der Waals surface area contributed by atoms with Crippen molar-refractivity contribution in [2.45, 2.75) is 45.6 Å². The molecule has 112 valence electrons. The number of carbonyl (C=O) groups excluding carboxylic acids is 1. The Hall–Kier alpha value is -1.63. The number of carbonyl (C=O) groups is 2. The molecule has 0 aliphatic rings. The molecule has 0 radical (unpaired) electrons. The Morgan fingerprint density at radius 3 is 2.75 bits per heavy atom. The van der Waals surface area contributed by atoms with Crippen molar-refractivity contribution in [3.8, 4) is 0 Å². The Bertz CT molecular complexity index is 448. The number of thiazole rings is 1. The maximum absolute atomic E-state index is 11.6. The van der Waals surface area contributed by atoms with Crippen LogP contribution in [0.1, 0.15) is 61.1 Å². The number of amides is 2. The first-order chi connectivity index (χ1) is 9.54. The molecule has 1 unspecified atom stereocenters. The number of aromatic nitrogens is 1. The zero-order valence-corrected chi connectivity index (χ0v) is 12.6. The molecule has 0 aliphatic carbocycles. The number of urea groups is 1. The van der Waals surface area contributed by atoms with Gasteiger partial charge in [0, 0.05) is 11.9 Å². The van der Waals surface area contributed by atoms with E-state index >= 15 is 0 Å². The van der Waals surface area contributed by atoms with Crippen molar-refractivity contribution >= 4 is 23.3 Å². The molecule has 0 bridgehead atoms. The van der Waals surface area contributed by atoms with Gasteiger partial charge in [-0.3, -0.25) is 0 Å². The summed E-state index contributed by atoms with van der Waals surface area (Å²) in [5.74, 6) is -1.06. The Labute approximate surface area is 122 Å². The van der Waals surface area contributed by atoms with E-state index in [0.29, 0.717) is 11.6 Å². The van der Waals surface area contributed by atoms with Crippen LogP contribution >= 0.6 is 11.3 Å². The number of hydrogen-bond donors (Lipinski definition) is 3. The van der Waals surface area contributed by atoms with Gasteiger partial charge in [-0.05, 0) is 13.3 Å². The van der Waals surface area contributed by atoms with E-state index in [1.807, 2.05) is 0 Å². The minimum absolute atomic E-state index is 0.0126. The van der Waals surface area contributed by atoms with Crippen molar-refractivity contribution in [1.82, 2.24) is 15.6 Å². The van der Waals surface area contributed by atoms with E-state index < -0.39 is 5.97 Å². The summed E-state index contributed by atoms with van der Waals surface area (Å²) >= 11 is 1.23. The summed E-state index contributed by atoms with van der Waals surface area (Å²) in [5.41, 5.74) is 0.0126. The predicted molar refractivity (Wildman–Crippen MR) is 78.2 cm³/mol. The smallest absolute Gasteiger partial charge is 0.355 e. The summed E-state index contributed by atoms with van der Waals surface area (Å²) in [6.07, 6.45) is 4.42. The molecule has 1 aromatic rings. The first-order valence-electron chi connectivity index (χ1n) is 6.77. The van der Waals surface area contributed by atoms with Gasteiger partial charge in [-0.1, -0.05) is 26.2 Å². The molecule has 1 heterocycles. The monoisotopic (exact) mass is 299 g/mol. The van der Waals surface area contributed by atoms with Crippen molar-refractivity contribution in [2.75, 3.05) is 6.54 Å². The summed E-state index contributed by atoms with van der Waals surface area (Å²) in [4.78, 5) is 26.3. The maximum Gasteiger partial charge on any atom is 0.355 e. The summed E-state index contributed by atoms with van der Waals surface area (Å²) in [6.45, 7) is 4.57. The van der Waals surface area contributed by atoms with Gasteiger partial charge in [0.25, 0.3) is 0 Å². The van der Waals surface area contributed by atoms with Crippen molar-refractivity contribution in [3.05, 3.63) is 16.1 Å². The molecule has 1 aromatic heterocycles. The molecule has 0 spiro atoms. The summed E-state index contributed by atoms with van der Waals surface area (Å²) in [5, 5.41) is 16.4. The lowest BCUT2D eigenvalue weighted by Gasteiger charge is -2.12. The van der Waals surface area contributed by atoms with Crippen LogP contribution in [0.5, 0.6) is 0 Å². The molecule has 6 nitrogen and oxygen atoms in total. The van der Waals surface area contributed by atoms with E-state index in [1.54, 1.807) is 6.92 Å². The Morgan fingerprint density at radius 2 is 2.15 bits per heavy atom. The van der Waals surface area contributed by atoms with Crippen LogP contribution in [0.2, 0.25) is 0 Å². The highest BCUT2D eigenvalue weighted by Crippen LogP contribution is 2.17. The SMILES string of the molecule is CCCCCCNC(=O)NC(C)c1nc(C(=O)O)cs1. The second-order valence-corrected chi connectivity index (χ2v) is 5.45. The number of nitrogens with one attached hydrogen (secondary N) is 2. The first kappa shape index (κ1) is 16.4. The second kappa shape index (κ2) is 8.52. The standard InChI is InChI=1S/C13H21N3O3S/c1-3-4-5-6-7-14-13(19)15-9(2)11-16-10(8-20-11)12(17)18/h8-9H,3-7H2,1-2H3,(H,17,18)(H2,14,15,19). The molecule has 3 N–H and O–H groups in total. The van der Waals surface area contributed by atoms with E-state index in [1.165, 1.54) is 29.6 Å². The quantitative estimate of drug-likeness (QED) is 0.644. The predicted octanol–water partition coefficient (Wildman–Crippen LogP) is 2.78. The van der Waals surface area contributed by atoms with E-state index in [9.17, 15) is 9.59 Å². The van der Waals surface area contributed by atoms with Gasteiger partial charge in [-0.2, -0.15) is 0 Å². The number of unbranched alkanes of at least 4 members (excludes halogenated alkanes) is 3. The van der Waals surface area contributed by atoms with Gasteiger partial charge >= 0.3 is 12.0 Å². The Kier molecular flexibility index (Phi) is 7.00. The third kappa shape index (κ3) is 5.56. The number of rotatable bonds is 8. The largest absolute Gasteiger partial charge is 0.476 e. The van der Waals surface area contributed by atoms with Crippen molar-refractivity contribution in [2.24, 2.45) is 0 Å². The highest BCUT2D eigenvalue weighted by Gasteiger charge is 2.15. The average molecular weight is 299 g/mol. The molecule has 0 saturated carbocycles. The van der Waals surface area contributed by atoms with Crippen molar-refractivity contribution in [1.29, 1.82) is 0 Å². The minimum Gasteiger partial charge on any atom is -0.476 e. The molecule has 0 aliphatic heterocycles. The number of aromatic carboxylic acids is 1. The molecule has 1 atom stereocenters. The molecule has 0 saturated heterocycles. The number of nitrogens with zero attached hydrogens (tertiary/aromatic N) is 1. The van der Waals surface area contributed by atoms with Gasteiger partial charge in [0.1, 0.15) is 5.01 Å². The third-order valence-electron chi connectivity index (χ3n) is 2.77. The topological polar surface area (TPSA) is 91.3 Å². The Balaban J connectivity index is 2.31. The molecule has 2 amide bonds. The first-order valence-corrected chi connectivity index (χ1v) is 7.65. The highest BCUT2D eigenvalue weighted by atomic mass is 32.1. The highest BCUT2D eigenvalue weighted by molar-refractivity contribution is 7.09. The molecular weight excluding hydrogens is 278 g/mol. The molecule has 0 fully saturated rings. The van der Waals surface area contributed by atoms with Gasteiger partial charge < -0.3 is 15.7 Å². The molecule has 7 heteroatoms. The fourth-order valence-corrected chi connectivity index (χ4v) is 2.45. The third-order valence-corrected chi connectivity index (χ3v) is 3.80. The van der Waals surface area contributed by atoms with Crippen LogP contribution in [0.3, 0.4) is 0 Å². The second-order valence-electron chi connectivity index (χ2n) is 4.56. The van der Waals surface area contributed by atoms with Crippen LogP contribution in [0.4, 0.5) is 4.79 Å². The fraction of sp³-hybridized carbons (Fsp3) is 0.615. The molecule has 1 rings (SSSR count).